The number of fused-ring (bicyclic) bond motifs is 1. The number of ether oxygens (including phenoxy) is 2. The first kappa shape index (κ1) is 17.2. The number of nitrogens with zero attached hydrogens (tertiary/aromatic N) is 1. The number of hydrogen-bond donors (Lipinski definition) is 1. The molecular weight excluding hydrogens is 331 g/mol. The fourth-order valence-corrected chi connectivity index (χ4v) is 3.76. The van der Waals surface area contributed by atoms with Crippen LogP contribution in [-0.2, 0) is 11.3 Å². The van der Waals surface area contributed by atoms with Crippen molar-refractivity contribution >= 4 is 5.57 Å². The first-order valence-corrected chi connectivity index (χ1v) is 9.06. The Morgan fingerprint density at radius 3 is 2.96 bits per heavy atom. The molecule has 1 saturated heterocycles. The largest absolute Gasteiger partial charge is 0.482 e. The predicted molar refractivity (Wildman–Crippen MR) is 98.5 cm³/mol. The molecular formula is C21H23FN2O2. The lowest BCUT2D eigenvalue weighted by molar-refractivity contribution is 0.103. The van der Waals surface area contributed by atoms with E-state index in [0.717, 1.165) is 60.5 Å². The molecule has 1 N–H and O–H groups in total. The van der Waals surface area contributed by atoms with Crippen LogP contribution in [0.2, 0.25) is 0 Å². The zero-order chi connectivity index (χ0) is 18.0. The standard InChI is InChI=1S/C21H23FN2O2/c1-25-14-17-5-3-15(13-24-17)19-12-21(7-2-9-23-10-8-21)26-20-6-4-16(22)11-18(19)20/h3-6,11-13,23H,2,7-10,14H2,1H3. The van der Waals surface area contributed by atoms with Crippen molar-refractivity contribution in [2.75, 3.05) is 20.2 Å². The molecule has 3 heterocycles. The summed E-state index contributed by atoms with van der Waals surface area (Å²) in [5.41, 5.74) is 3.26. The maximum atomic E-state index is 13.9. The van der Waals surface area contributed by atoms with Crippen LogP contribution in [0.5, 0.6) is 5.75 Å². The SMILES string of the molecule is COCc1ccc(C2=CC3(CCCNCC3)Oc3ccc(F)cc32)cn1. The van der Waals surface area contributed by atoms with E-state index in [1.54, 1.807) is 19.2 Å². The van der Waals surface area contributed by atoms with Gasteiger partial charge in [0.2, 0.25) is 0 Å². The van der Waals surface area contributed by atoms with Crippen molar-refractivity contribution in [1.82, 2.24) is 10.3 Å². The van der Waals surface area contributed by atoms with Gasteiger partial charge in [-0.15, -0.1) is 0 Å². The van der Waals surface area contributed by atoms with Gasteiger partial charge in [0.1, 0.15) is 17.2 Å². The van der Waals surface area contributed by atoms with E-state index in [1.807, 2.05) is 18.3 Å². The van der Waals surface area contributed by atoms with E-state index in [0.29, 0.717) is 6.61 Å². The van der Waals surface area contributed by atoms with Crippen LogP contribution >= 0.6 is 0 Å². The fourth-order valence-electron chi connectivity index (χ4n) is 3.76. The summed E-state index contributed by atoms with van der Waals surface area (Å²) in [5.74, 6) is 0.479. The number of methoxy groups -OCH3 is 1. The number of aromatic nitrogens is 1. The highest BCUT2D eigenvalue weighted by Crippen LogP contribution is 2.42. The van der Waals surface area contributed by atoms with E-state index >= 15 is 0 Å². The first-order chi connectivity index (χ1) is 12.7. The van der Waals surface area contributed by atoms with Crippen molar-refractivity contribution in [3.05, 3.63) is 65.2 Å². The quantitative estimate of drug-likeness (QED) is 0.913. The Labute approximate surface area is 153 Å². The van der Waals surface area contributed by atoms with Gasteiger partial charge in [0.15, 0.2) is 0 Å². The second-order valence-electron chi connectivity index (χ2n) is 6.94. The van der Waals surface area contributed by atoms with Crippen LogP contribution in [0.4, 0.5) is 4.39 Å². The number of nitrogens with one attached hydrogen (secondary N) is 1. The highest BCUT2D eigenvalue weighted by atomic mass is 19.1. The summed E-state index contributed by atoms with van der Waals surface area (Å²) in [6.07, 6.45) is 6.89. The summed E-state index contributed by atoms with van der Waals surface area (Å²) in [5, 5.41) is 3.43. The molecule has 1 unspecified atom stereocenters. The third-order valence-electron chi connectivity index (χ3n) is 5.06. The molecule has 2 aliphatic rings. The number of hydrogen-bond acceptors (Lipinski definition) is 4. The monoisotopic (exact) mass is 354 g/mol. The number of halogens is 1. The van der Waals surface area contributed by atoms with E-state index < -0.39 is 0 Å². The molecule has 4 nitrogen and oxygen atoms in total. The molecule has 1 aromatic heterocycles. The summed E-state index contributed by atoms with van der Waals surface area (Å²) < 4.78 is 25.4. The van der Waals surface area contributed by atoms with E-state index in [-0.39, 0.29) is 11.4 Å². The number of benzene rings is 1. The van der Waals surface area contributed by atoms with Crippen LogP contribution in [0.1, 0.15) is 36.1 Å². The van der Waals surface area contributed by atoms with Crippen molar-refractivity contribution in [1.29, 1.82) is 0 Å². The summed E-state index contributed by atoms with van der Waals surface area (Å²) >= 11 is 0. The lowest BCUT2D eigenvalue weighted by Crippen LogP contribution is -2.37. The molecule has 26 heavy (non-hydrogen) atoms. The topological polar surface area (TPSA) is 43.4 Å². The van der Waals surface area contributed by atoms with E-state index in [1.165, 1.54) is 6.07 Å². The van der Waals surface area contributed by atoms with Gasteiger partial charge in [-0.25, -0.2) is 4.39 Å². The number of rotatable bonds is 3. The van der Waals surface area contributed by atoms with Gasteiger partial charge in [0.25, 0.3) is 0 Å². The highest BCUT2D eigenvalue weighted by molar-refractivity contribution is 5.84. The van der Waals surface area contributed by atoms with Crippen LogP contribution < -0.4 is 10.1 Å². The van der Waals surface area contributed by atoms with Crippen LogP contribution in [0.15, 0.2) is 42.6 Å². The lowest BCUT2D eigenvalue weighted by Gasteiger charge is -2.36. The van der Waals surface area contributed by atoms with Crippen LogP contribution in [0.25, 0.3) is 5.57 Å². The Kier molecular flexibility index (Phi) is 4.74. The molecule has 2 aliphatic heterocycles. The Balaban J connectivity index is 1.79. The molecule has 0 amide bonds. The molecule has 1 spiro atoms. The van der Waals surface area contributed by atoms with Crippen molar-refractivity contribution < 1.29 is 13.9 Å². The van der Waals surface area contributed by atoms with Crippen LogP contribution in [-0.4, -0.2) is 30.8 Å². The van der Waals surface area contributed by atoms with Crippen molar-refractivity contribution in [2.24, 2.45) is 0 Å². The molecule has 0 bridgehead atoms. The Morgan fingerprint density at radius 1 is 1.23 bits per heavy atom. The highest BCUT2D eigenvalue weighted by Gasteiger charge is 2.36. The van der Waals surface area contributed by atoms with Crippen molar-refractivity contribution in [3.63, 3.8) is 0 Å². The predicted octanol–water partition coefficient (Wildman–Crippen LogP) is 3.70. The van der Waals surface area contributed by atoms with Gasteiger partial charge in [0, 0.05) is 30.9 Å². The third-order valence-corrected chi connectivity index (χ3v) is 5.06. The van der Waals surface area contributed by atoms with Gasteiger partial charge in [-0.3, -0.25) is 4.98 Å². The maximum absolute atomic E-state index is 13.9. The Hall–Kier alpha value is -2.24. The van der Waals surface area contributed by atoms with Gasteiger partial charge in [-0.05, 0) is 61.8 Å². The molecule has 1 atom stereocenters. The van der Waals surface area contributed by atoms with Gasteiger partial charge < -0.3 is 14.8 Å². The molecule has 4 rings (SSSR count). The summed E-state index contributed by atoms with van der Waals surface area (Å²) in [6, 6.07) is 8.73. The first-order valence-electron chi connectivity index (χ1n) is 9.06. The minimum absolute atomic E-state index is 0.263. The van der Waals surface area contributed by atoms with Gasteiger partial charge in [-0.2, -0.15) is 0 Å². The zero-order valence-corrected chi connectivity index (χ0v) is 14.9. The van der Waals surface area contributed by atoms with Gasteiger partial charge >= 0.3 is 0 Å². The second kappa shape index (κ2) is 7.17. The molecule has 0 aliphatic carbocycles. The average molecular weight is 354 g/mol. The van der Waals surface area contributed by atoms with Crippen LogP contribution in [0.3, 0.4) is 0 Å². The fraction of sp³-hybridized carbons (Fsp3) is 0.381. The van der Waals surface area contributed by atoms with E-state index in [4.69, 9.17) is 9.47 Å². The molecule has 1 aromatic carbocycles. The van der Waals surface area contributed by atoms with Crippen molar-refractivity contribution in [3.8, 4) is 5.75 Å². The second-order valence-corrected chi connectivity index (χ2v) is 6.94. The molecule has 2 aromatic rings. The van der Waals surface area contributed by atoms with Gasteiger partial charge in [0.05, 0.1) is 12.3 Å². The molecule has 0 saturated carbocycles. The summed E-state index contributed by atoms with van der Waals surface area (Å²) in [4.78, 5) is 4.48. The smallest absolute Gasteiger partial charge is 0.129 e. The summed E-state index contributed by atoms with van der Waals surface area (Å²) in [7, 11) is 1.65. The van der Waals surface area contributed by atoms with E-state index in [2.05, 4.69) is 16.4 Å². The van der Waals surface area contributed by atoms with E-state index in [9.17, 15) is 4.39 Å². The zero-order valence-electron chi connectivity index (χ0n) is 14.9. The average Bonchev–Trinajstić information content (AvgIpc) is 2.88. The Morgan fingerprint density at radius 2 is 2.15 bits per heavy atom. The molecule has 136 valence electrons. The van der Waals surface area contributed by atoms with Gasteiger partial charge in [-0.1, -0.05) is 6.07 Å². The normalized spacial score (nSPS) is 22.3. The minimum Gasteiger partial charge on any atom is -0.482 e. The molecule has 1 fully saturated rings. The Bertz CT molecular complexity index is 809. The third kappa shape index (κ3) is 3.37. The lowest BCUT2D eigenvalue weighted by atomic mass is 9.85. The summed E-state index contributed by atoms with van der Waals surface area (Å²) in [6.45, 7) is 2.38. The molecule has 0 radical (unpaired) electrons. The minimum atomic E-state index is -0.352. The van der Waals surface area contributed by atoms with Crippen LogP contribution in [0, 0.1) is 5.82 Å². The number of pyridine rings is 1. The maximum Gasteiger partial charge on any atom is 0.129 e. The molecule has 5 heteroatoms. The van der Waals surface area contributed by atoms with Crippen molar-refractivity contribution in [2.45, 2.75) is 31.5 Å².